The van der Waals surface area contributed by atoms with Crippen molar-refractivity contribution in [3.63, 3.8) is 0 Å². The summed E-state index contributed by atoms with van der Waals surface area (Å²) in [6.45, 7) is 2.14. The molecule has 2 aliphatic heterocycles. The van der Waals surface area contributed by atoms with Gasteiger partial charge >= 0.3 is 0 Å². The van der Waals surface area contributed by atoms with E-state index in [1.54, 1.807) is 6.08 Å². The van der Waals surface area contributed by atoms with Gasteiger partial charge in [0.1, 0.15) is 0 Å². The smallest absolute Gasteiger partial charge is 0.246 e. The second-order valence-corrected chi connectivity index (χ2v) is 6.97. The van der Waals surface area contributed by atoms with Crippen LogP contribution in [0.2, 0.25) is 0 Å². The number of fused-ring (bicyclic) bond motifs is 1. The zero-order chi connectivity index (χ0) is 18.7. The lowest BCUT2D eigenvalue weighted by atomic mass is 10.1. The zero-order valence-electron chi connectivity index (χ0n) is 15.9. The van der Waals surface area contributed by atoms with Crippen LogP contribution >= 0.6 is 0 Å². The number of carbonyl (C=O) groups is 1. The molecule has 0 aromatic heterocycles. The van der Waals surface area contributed by atoms with Crippen molar-refractivity contribution in [1.29, 1.82) is 0 Å². The van der Waals surface area contributed by atoms with Gasteiger partial charge in [-0.1, -0.05) is 36.4 Å². The van der Waals surface area contributed by atoms with E-state index in [1.807, 2.05) is 29.2 Å². The van der Waals surface area contributed by atoms with Gasteiger partial charge in [0.25, 0.3) is 0 Å². The highest BCUT2D eigenvalue weighted by Gasteiger charge is 2.13. The average Bonchev–Trinajstić information content (AvgIpc) is 3.17. The fraction of sp³-hybridized carbons (Fsp3) is 0.435. The molecule has 3 rings (SSSR count). The van der Waals surface area contributed by atoms with E-state index >= 15 is 0 Å². The number of ether oxygens (including phenoxy) is 2. The number of nitrogens with zero attached hydrogens (tertiary/aromatic N) is 1. The Labute approximate surface area is 162 Å². The molecule has 0 bridgehead atoms. The van der Waals surface area contributed by atoms with Gasteiger partial charge in [-0.05, 0) is 62.6 Å². The molecule has 4 heteroatoms. The summed E-state index contributed by atoms with van der Waals surface area (Å²) in [4.78, 5) is 13.9. The van der Waals surface area contributed by atoms with Gasteiger partial charge < -0.3 is 14.4 Å². The van der Waals surface area contributed by atoms with Crippen LogP contribution in [0.4, 0.5) is 0 Å². The van der Waals surface area contributed by atoms with Crippen LogP contribution in [-0.2, 0) is 11.2 Å². The maximum absolute atomic E-state index is 12.0. The SMILES string of the molecule is O=C(/C=C/C=C/CCC/C=C/Cc1ccc2c(c1)OCO2)N1CCCCC1. The molecule has 0 radical (unpaired) electrons. The Balaban J connectivity index is 1.26. The molecule has 27 heavy (non-hydrogen) atoms. The van der Waals surface area contributed by atoms with E-state index in [0.29, 0.717) is 6.79 Å². The molecule has 0 atom stereocenters. The number of carbonyl (C=O) groups excluding carboxylic acids is 1. The fourth-order valence-corrected chi connectivity index (χ4v) is 3.29. The van der Waals surface area contributed by atoms with Crippen molar-refractivity contribution in [1.82, 2.24) is 4.90 Å². The molecular formula is C23H29NO3. The summed E-state index contributed by atoms with van der Waals surface area (Å²) in [5.74, 6) is 1.82. The van der Waals surface area contributed by atoms with Crippen LogP contribution in [0, 0.1) is 0 Å². The highest BCUT2D eigenvalue weighted by molar-refractivity contribution is 5.87. The van der Waals surface area contributed by atoms with Crippen molar-refractivity contribution in [3.8, 4) is 11.5 Å². The van der Waals surface area contributed by atoms with E-state index in [-0.39, 0.29) is 5.91 Å². The minimum absolute atomic E-state index is 0.144. The Hall–Kier alpha value is -2.49. The lowest BCUT2D eigenvalue weighted by Crippen LogP contribution is -2.34. The van der Waals surface area contributed by atoms with E-state index in [2.05, 4.69) is 24.3 Å². The maximum Gasteiger partial charge on any atom is 0.246 e. The number of benzene rings is 1. The third-order valence-corrected chi connectivity index (χ3v) is 4.85. The number of amides is 1. The van der Waals surface area contributed by atoms with E-state index in [1.165, 1.54) is 12.0 Å². The van der Waals surface area contributed by atoms with E-state index < -0.39 is 0 Å². The van der Waals surface area contributed by atoms with E-state index in [0.717, 1.165) is 63.1 Å². The van der Waals surface area contributed by atoms with E-state index in [9.17, 15) is 4.79 Å². The van der Waals surface area contributed by atoms with Crippen molar-refractivity contribution in [2.75, 3.05) is 19.9 Å². The highest BCUT2D eigenvalue weighted by Crippen LogP contribution is 2.32. The third-order valence-electron chi connectivity index (χ3n) is 4.85. The Morgan fingerprint density at radius 1 is 0.963 bits per heavy atom. The lowest BCUT2D eigenvalue weighted by Gasteiger charge is -2.25. The van der Waals surface area contributed by atoms with Crippen LogP contribution in [0.5, 0.6) is 11.5 Å². The first kappa shape index (κ1) is 19.3. The Morgan fingerprint density at radius 3 is 2.67 bits per heavy atom. The molecule has 0 N–H and O–H groups in total. The largest absolute Gasteiger partial charge is 0.454 e. The van der Waals surface area contributed by atoms with Crippen molar-refractivity contribution in [2.45, 2.75) is 44.9 Å². The normalized spacial score (nSPS) is 16.8. The number of rotatable bonds is 8. The Kier molecular flexibility index (Phi) is 7.57. The van der Waals surface area contributed by atoms with Gasteiger partial charge in [-0.15, -0.1) is 0 Å². The van der Waals surface area contributed by atoms with E-state index in [4.69, 9.17) is 9.47 Å². The molecular weight excluding hydrogens is 338 g/mol. The monoisotopic (exact) mass is 367 g/mol. The predicted molar refractivity (Wildman–Crippen MR) is 108 cm³/mol. The van der Waals surface area contributed by atoms with Crippen LogP contribution < -0.4 is 9.47 Å². The number of piperidine rings is 1. The van der Waals surface area contributed by atoms with Gasteiger partial charge in [-0.3, -0.25) is 4.79 Å². The van der Waals surface area contributed by atoms with Gasteiger partial charge in [-0.2, -0.15) is 0 Å². The first-order valence-corrected chi connectivity index (χ1v) is 9.98. The van der Waals surface area contributed by atoms with Crippen LogP contribution in [0.3, 0.4) is 0 Å². The minimum atomic E-state index is 0.144. The number of hydrogen-bond acceptors (Lipinski definition) is 3. The van der Waals surface area contributed by atoms with Crippen LogP contribution in [0.1, 0.15) is 44.1 Å². The summed E-state index contributed by atoms with van der Waals surface area (Å²) in [6.07, 6.45) is 19.7. The summed E-state index contributed by atoms with van der Waals surface area (Å²) in [6, 6.07) is 6.10. The summed E-state index contributed by atoms with van der Waals surface area (Å²) < 4.78 is 10.7. The molecule has 1 amide bonds. The lowest BCUT2D eigenvalue weighted by molar-refractivity contribution is -0.126. The summed E-state index contributed by atoms with van der Waals surface area (Å²) in [5, 5.41) is 0. The molecule has 2 heterocycles. The molecule has 0 aliphatic carbocycles. The van der Waals surface area contributed by atoms with Crippen LogP contribution in [-0.4, -0.2) is 30.7 Å². The molecule has 1 fully saturated rings. The third kappa shape index (κ3) is 6.31. The molecule has 144 valence electrons. The van der Waals surface area contributed by atoms with Gasteiger partial charge in [0.15, 0.2) is 11.5 Å². The van der Waals surface area contributed by atoms with Crippen LogP contribution in [0.25, 0.3) is 0 Å². The molecule has 2 aliphatic rings. The molecule has 1 aromatic carbocycles. The van der Waals surface area contributed by atoms with Crippen molar-refractivity contribution in [3.05, 3.63) is 60.2 Å². The maximum atomic E-state index is 12.0. The number of unbranched alkanes of at least 4 members (excludes halogenated alkanes) is 2. The van der Waals surface area contributed by atoms with Gasteiger partial charge in [0.2, 0.25) is 12.7 Å². The average molecular weight is 367 g/mol. The molecule has 0 spiro atoms. The van der Waals surface area contributed by atoms with Crippen molar-refractivity contribution < 1.29 is 14.3 Å². The number of likely N-dealkylation sites (tertiary alicyclic amines) is 1. The minimum Gasteiger partial charge on any atom is -0.454 e. The first-order valence-electron chi connectivity index (χ1n) is 9.98. The first-order chi connectivity index (χ1) is 13.3. The predicted octanol–water partition coefficient (Wildman–Crippen LogP) is 4.81. The van der Waals surface area contributed by atoms with Crippen molar-refractivity contribution >= 4 is 5.91 Å². The molecule has 0 saturated carbocycles. The van der Waals surface area contributed by atoms with Gasteiger partial charge in [0, 0.05) is 19.2 Å². The second kappa shape index (κ2) is 10.6. The molecule has 1 saturated heterocycles. The highest BCUT2D eigenvalue weighted by atomic mass is 16.7. The molecule has 1 aromatic rings. The summed E-state index contributed by atoms with van der Waals surface area (Å²) >= 11 is 0. The van der Waals surface area contributed by atoms with Crippen molar-refractivity contribution in [2.24, 2.45) is 0 Å². The standard InChI is InChI=1S/C23H29NO3/c25-23(24-16-10-7-11-17-24)13-9-6-4-2-1-3-5-8-12-20-14-15-21-22(18-20)27-19-26-21/h4-6,8-9,13-15,18H,1-3,7,10-12,16-17,19H2/b6-4+,8-5+,13-9+. The zero-order valence-corrected chi connectivity index (χ0v) is 15.9. The molecule has 0 unspecified atom stereocenters. The van der Waals surface area contributed by atoms with Gasteiger partial charge in [-0.25, -0.2) is 0 Å². The van der Waals surface area contributed by atoms with Gasteiger partial charge in [0.05, 0.1) is 0 Å². The topological polar surface area (TPSA) is 38.8 Å². The Bertz CT molecular complexity index is 700. The number of allylic oxidation sites excluding steroid dienone is 5. The second-order valence-electron chi connectivity index (χ2n) is 6.97. The molecule has 4 nitrogen and oxygen atoms in total. The number of hydrogen-bond donors (Lipinski definition) is 0. The quantitative estimate of drug-likeness (QED) is 0.286. The summed E-state index contributed by atoms with van der Waals surface area (Å²) in [5.41, 5.74) is 1.24. The van der Waals surface area contributed by atoms with Crippen LogP contribution in [0.15, 0.2) is 54.7 Å². The summed E-state index contributed by atoms with van der Waals surface area (Å²) in [7, 11) is 0. The Morgan fingerprint density at radius 2 is 1.78 bits per heavy atom. The fourth-order valence-electron chi connectivity index (χ4n) is 3.29.